The zero-order valence-electron chi connectivity index (χ0n) is 10.8. The Morgan fingerprint density at radius 1 is 1.56 bits per heavy atom. The quantitative estimate of drug-likeness (QED) is 0.818. The Hall–Kier alpha value is -1.62. The maximum absolute atomic E-state index is 13.4. The van der Waals surface area contributed by atoms with Gasteiger partial charge in [0.05, 0.1) is 7.11 Å². The summed E-state index contributed by atoms with van der Waals surface area (Å²) in [5, 5.41) is 12.0. The fraction of sp³-hybridized carbons (Fsp3) is 0.462. The first-order chi connectivity index (χ1) is 8.42. The average Bonchev–Trinajstić information content (AvgIpc) is 2.35. The number of hydrogen-bond acceptors (Lipinski definition) is 3. The number of methoxy groups -OCH3 is 1. The van der Waals surface area contributed by atoms with Gasteiger partial charge in [0.2, 0.25) is 0 Å². The van der Waals surface area contributed by atoms with E-state index < -0.39 is 17.3 Å². The molecule has 0 radical (unpaired) electrons. The van der Waals surface area contributed by atoms with Gasteiger partial charge in [-0.25, -0.2) is 4.39 Å². The molecule has 1 atom stereocenters. The van der Waals surface area contributed by atoms with Crippen LogP contribution in [-0.4, -0.2) is 23.7 Å². The van der Waals surface area contributed by atoms with Crippen molar-refractivity contribution in [3.63, 3.8) is 0 Å². The first kappa shape index (κ1) is 14.4. The topological polar surface area (TPSA) is 58.6 Å². The molecule has 0 fully saturated rings. The molecule has 2 N–H and O–H groups in total. The van der Waals surface area contributed by atoms with Crippen molar-refractivity contribution >= 4 is 5.97 Å². The number of benzene rings is 1. The van der Waals surface area contributed by atoms with Crippen molar-refractivity contribution in [1.82, 2.24) is 5.32 Å². The average molecular weight is 255 g/mol. The summed E-state index contributed by atoms with van der Waals surface area (Å²) in [5.41, 5.74) is -0.328. The first-order valence-electron chi connectivity index (χ1n) is 5.73. The lowest BCUT2D eigenvalue weighted by molar-refractivity contribution is -0.144. The van der Waals surface area contributed by atoms with Crippen LogP contribution in [0.15, 0.2) is 18.2 Å². The van der Waals surface area contributed by atoms with Crippen LogP contribution >= 0.6 is 0 Å². The highest BCUT2D eigenvalue weighted by molar-refractivity contribution is 5.78. The summed E-state index contributed by atoms with van der Waals surface area (Å²) >= 11 is 0. The molecule has 1 aromatic rings. The molecule has 0 aliphatic heterocycles. The van der Waals surface area contributed by atoms with Crippen LogP contribution in [0, 0.1) is 5.82 Å². The summed E-state index contributed by atoms with van der Waals surface area (Å²) in [4.78, 5) is 11.1. The molecule has 4 nitrogen and oxygen atoms in total. The van der Waals surface area contributed by atoms with E-state index in [2.05, 4.69) is 5.32 Å². The van der Waals surface area contributed by atoms with Gasteiger partial charge in [0.15, 0.2) is 11.6 Å². The molecular formula is C13H18FNO3. The number of nitrogens with one attached hydrogen (secondary N) is 1. The number of carboxylic acid groups (broad SMARTS) is 1. The molecule has 18 heavy (non-hydrogen) atoms. The zero-order chi connectivity index (χ0) is 13.8. The summed E-state index contributed by atoms with van der Waals surface area (Å²) < 4.78 is 18.3. The van der Waals surface area contributed by atoms with Crippen LogP contribution in [0.5, 0.6) is 5.75 Å². The van der Waals surface area contributed by atoms with E-state index in [1.807, 2.05) is 0 Å². The van der Waals surface area contributed by atoms with Crippen molar-refractivity contribution in [2.45, 2.75) is 32.4 Å². The number of aliphatic carboxylic acids is 1. The Bertz CT molecular complexity index is 436. The third-order valence-electron chi connectivity index (χ3n) is 3.08. The van der Waals surface area contributed by atoms with Crippen molar-refractivity contribution in [3.05, 3.63) is 29.6 Å². The van der Waals surface area contributed by atoms with E-state index in [0.29, 0.717) is 12.0 Å². The predicted molar refractivity (Wildman–Crippen MR) is 66.1 cm³/mol. The van der Waals surface area contributed by atoms with E-state index in [1.165, 1.54) is 19.2 Å². The second-order valence-corrected chi connectivity index (χ2v) is 4.31. The van der Waals surface area contributed by atoms with E-state index >= 15 is 0 Å². The number of halogens is 1. The molecule has 1 unspecified atom stereocenters. The third kappa shape index (κ3) is 3.20. The van der Waals surface area contributed by atoms with Gasteiger partial charge in [0.1, 0.15) is 5.54 Å². The van der Waals surface area contributed by atoms with Gasteiger partial charge in [-0.3, -0.25) is 10.1 Å². The van der Waals surface area contributed by atoms with Crippen molar-refractivity contribution in [3.8, 4) is 5.75 Å². The number of carbonyl (C=O) groups is 1. The molecule has 5 heteroatoms. The molecule has 0 aromatic heterocycles. The SMILES string of the molecule is CCC(C)(NCc1ccc(OC)c(F)c1)C(=O)O. The van der Waals surface area contributed by atoms with Crippen molar-refractivity contribution < 1.29 is 19.0 Å². The van der Waals surface area contributed by atoms with Crippen LogP contribution in [0.1, 0.15) is 25.8 Å². The number of carboxylic acids is 1. The largest absolute Gasteiger partial charge is 0.494 e. The van der Waals surface area contributed by atoms with Crippen molar-refractivity contribution in [2.75, 3.05) is 7.11 Å². The lowest BCUT2D eigenvalue weighted by atomic mass is 9.99. The molecule has 0 amide bonds. The Morgan fingerprint density at radius 2 is 2.22 bits per heavy atom. The monoisotopic (exact) mass is 255 g/mol. The van der Waals surface area contributed by atoms with E-state index in [1.54, 1.807) is 19.9 Å². The van der Waals surface area contributed by atoms with Gasteiger partial charge >= 0.3 is 5.97 Å². The highest BCUT2D eigenvalue weighted by Crippen LogP contribution is 2.18. The van der Waals surface area contributed by atoms with E-state index in [4.69, 9.17) is 9.84 Å². The van der Waals surface area contributed by atoms with Crippen LogP contribution in [0.4, 0.5) is 4.39 Å². The molecule has 0 bridgehead atoms. The van der Waals surface area contributed by atoms with Crippen LogP contribution in [0.3, 0.4) is 0 Å². The molecule has 1 rings (SSSR count). The highest BCUT2D eigenvalue weighted by atomic mass is 19.1. The lowest BCUT2D eigenvalue weighted by Gasteiger charge is -2.24. The van der Waals surface area contributed by atoms with Crippen LogP contribution < -0.4 is 10.1 Å². The van der Waals surface area contributed by atoms with Gasteiger partial charge in [-0.05, 0) is 31.0 Å². The molecule has 0 spiro atoms. The van der Waals surface area contributed by atoms with Gasteiger partial charge in [-0.1, -0.05) is 13.0 Å². The van der Waals surface area contributed by atoms with Gasteiger partial charge in [0, 0.05) is 6.54 Å². The van der Waals surface area contributed by atoms with Crippen molar-refractivity contribution in [2.24, 2.45) is 0 Å². The van der Waals surface area contributed by atoms with Crippen LogP contribution in [0.2, 0.25) is 0 Å². The maximum atomic E-state index is 13.4. The van der Waals surface area contributed by atoms with E-state index in [-0.39, 0.29) is 12.3 Å². The molecule has 0 aliphatic rings. The van der Waals surface area contributed by atoms with Gasteiger partial charge in [0.25, 0.3) is 0 Å². The molecule has 0 aliphatic carbocycles. The summed E-state index contributed by atoms with van der Waals surface area (Å²) in [7, 11) is 1.40. The minimum Gasteiger partial charge on any atom is -0.494 e. The normalized spacial score (nSPS) is 14.0. The van der Waals surface area contributed by atoms with Crippen LogP contribution in [0.25, 0.3) is 0 Å². The summed E-state index contributed by atoms with van der Waals surface area (Å²) in [5.74, 6) is -1.19. The minimum absolute atomic E-state index is 0.176. The fourth-order valence-corrected chi connectivity index (χ4v) is 1.47. The second kappa shape index (κ2) is 5.82. The van der Waals surface area contributed by atoms with Gasteiger partial charge in [-0.2, -0.15) is 0 Å². The smallest absolute Gasteiger partial charge is 0.323 e. The first-order valence-corrected chi connectivity index (χ1v) is 5.73. The van der Waals surface area contributed by atoms with E-state index in [0.717, 1.165) is 0 Å². The fourth-order valence-electron chi connectivity index (χ4n) is 1.47. The number of rotatable bonds is 6. The third-order valence-corrected chi connectivity index (χ3v) is 3.08. The van der Waals surface area contributed by atoms with Gasteiger partial charge in [-0.15, -0.1) is 0 Å². The molecule has 0 saturated heterocycles. The summed E-state index contributed by atoms with van der Waals surface area (Å²) in [6.07, 6.45) is 0.445. The van der Waals surface area contributed by atoms with Crippen molar-refractivity contribution in [1.29, 1.82) is 0 Å². The Balaban J connectivity index is 2.74. The lowest BCUT2D eigenvalue weighted by Crippen LogP contribution is -2.48. The summed E-state index contributed by atoms with van der Waals surface area (Å²) in [6, 6.07) is 4.56. The Morgan fingerprint density at radius 3 is 2.67 bits per heavy atom. The van der Waals surface area contributed by atoms with Crippen LogP contribution in [-0.2, 0) is 11.3 Å². The maximum Gasteiger partial charge on any atom is 0.323 e. The Labute approximate surface area is 106 Å². The molecule has 100 valence electrons. The highest BCUT2D eigenvalue weighted by Gasteiger charge is 2.30. The second-order valence-electron chi connectivity index (χ2n) is 4.31. The minimum atomic E-state index is -1.00. The summed E-state index contributed by atoms with van der Waals surface area (Å²) in [6.45, 7) is 3.68. The predicted octanol–water partition coefficient (Wildman–Crippen LogP) is 2.18. The standard InChI is InChI=1S/C13H18FNO3/c1-4-13(2,12(16)17)15-8-9-5-6-11(18-3)10(14)7-9/h5-7,15H,4,8H2,1-3H3,(H,16,17). The Kier molecular flexibility index (Phi) is 4.67. The number of ether oxygens (including phenoxy) is 1. The zero-order valence-corrected chi connectivity index (χ0v) is 10.8. The molecular weight excluding hydrogens is 237 g/mol. The molecule has 0 saturated carbocycles. The van der Waals surface area contributed by atoms with Gasteiger partial charge < -0.3 is 9.84 Å². The number of hydrogen-bond donors (Lipinski definition) is 2. The molecule has 0 heterocycles. The molecule has 1 aromatic carbocycles. The van der Waals surface area contributed by atoms with E-state index in [9.17, 15) is 9.18 Å².